The first-order chi connectivity index (χ1) is 17.9. The highest BCUT2D eigenvalue weighted by Gasteiger charge is 2.28. The molecule has 1 aliphatic heterocycles. The molecule has 0 aliphatic carbocycles. The van der Waals surface area contributed by atoms with E-state index in [0.717, 1.165) is 35.1 Å². The summed E-state index contributed by atoms with van der Waals surface area (Å²) in [6.07, 6.45) is 4.61. The third-order valence-corrected chi connectivity index (χ3v) is 6.31. The zero-order chi connectivity index (χ0) is 26.2. The normalized spacial score (nSPS) is 16.2. The van der Waals surface area contributed by atoms with Crippen LogP contribution in [0, 0.1) is 18.4 Å². The lowest BCUT2D eigenvalue weighted by Crippen LogP contribution is -2.44. The Balaban J connectivity index is 1.38. The van der Waals surface area contributed by atoms with Crippen molar-refractivity contribution in [3.63, 3.8) is 0 Å². The maximum atomic E-state index is 13.3. The average Bonchev–Trinajstić information content (AvgIpc) is 3.15. The lowest BCUT2D eigenvalue weighted by atomic mass is 10.1. The van der Waals surface area contributed by atoms with Crippen LogP contribution in [0.5, 0.6) is 0 Å². The number of nitriles is 1. The van der Waals surface area contributed by atoms with Gasteiger partial charge in [0, 0.05) is 29.2 Å². The minimum atomic E-state index is -0.704. The van der Waals surface area contributed by atoms with Crippen molar-refractivity contribution in [1.82, 2.24) is 15.5 Å². The topological polar surface area (TPSA) is 123 Å². The molecule has 2 heterocycles. The van der Waals surface area contributed by atoms with Crippen molar-refractivity contribution in [2.45, 2.75) is 38.6 Å². The molecule has 9 nitrogen and oxygen atoms in total. The lowest BCUT2D eigenvalue weighted by molar-refractivity contribution is -0.136. The van der Waals surface area contributed by atoms with E-state index in [-0.39, 0.29) is 24.3 Å². The molecule has 0 bridgehead atoms. The van der Waals surface area contributed by atoms with Crippen molar-refractivity contribution < 1.29 is 14.0 Å². The van der Waals surface area contributed by atoms with E-state index in [9.17, 15) is 14.9 Å². The number of anilines is 1. The number of hydrogen-bond acceptors (Lipinski definition) is 5. The molecular weight excluding hydrogens is 492 g/mol. The van der Waals surface area contributed by atoms with Gasteiger partial charge in [-0.2, -0.15) is 5.26 Å². The van der Waals surface area contributed by atoms with Crippen LogP contribution >= 0.6 is 11.6 Å². The summed E-state index contributed by atoms with van der Waals surface area (Å²) in [7, 11) is 0. The van der Waals surface area contributed by atoms with E-state index in [1.807, 2.05) is 55.6 Å². The second kappa shape index (κ2) is 12.3. The molecule has 2 aromatic carbocycles. The number of nitrogens with zero attached hydrogens (tertiary/aromatic N) is 3. The summed E-state index contributed by atoms with van der Waals surface area (Å²) < 4.78 is 5.61. The van der Waals surface area contributed by atoms with Gasteiger partial charge in [0.05, 0.1) is 6.54 Å². The van der Waals surface area contributed by atoms with Crippen molar-refractivity contribution >= 4 is 46.0 Å². The van der Waals surface area contributed by atoms with E-state index in [1.54, 1.807) is 11.0 Å². The summed E-state index contributed by atoms with van der Waals surface area (Å²) in [6.45, 7) is 2.77. The standard InChI is InChI=1S/C27H29ClN6O3/c1-18-13-20-15-22(8-9-24(20)37-18)32-27(31-17-29)33-23-7-2-3-12-34(26(23)36)16-25(35)30-11-10-19-5-4-6-21(28)14-19/h4-6,8-9,13-15,23H,2-3,7,10-12,16H2,1H3,(H,30,35)(H2,31,32,33). The van der Waals surface area contributed by atoms with Gasteiger partial charge in [0.25, 0.3) is 0 Å². The molecule has 1 saturated heterocycles. The monoisotopic (exact) mass is 520 g/mol. The molecule has 1 unspecified atom stereocenters. The van der Waals surface area contributed by atoms with Crippen molar-refractivity contribution in [2.24, 2.45) is 4.99 Å². The summed E-state index contributed by atoms with van der Waals surface area (Å²) >= 11 is 6.01. The molecule has 2 amide bonds. The van der Waals surface area contributed by atoms with Gasteiger partial charge in [-0.15, -0.1) is 0 Å². The summed E-state index contributed by atoms with van der Waals surface area (Å²) in [5.74, 6) is 0.515. The maximum absolute atomic E-state index is 13.3. The molecule has 0 saturated carbocycles. The Morgan fingerprint density at radius 1 is 1.24 bits per heavy atom. The van der Waals surface area contributed by atoms with Gasteiger partial charge < -0.3 is 20.0 Å². The third kappa shape index (κ3) is 7.24. The van der Waals surface area contributed by atoms with Crippen molar-refractivity contribution in [2.75, 3.05) is 25.0 Å². The van der Waals surface area contributed by atoms with Gasteiger partial charge in [0.15, 0.2) is 6.19 Å². The van der Waals surface area contributed by atoms with E-state index in [1.165, 1.54) is 0 Å². The minimum Gasteiger partial charge on any atom is -0.461 e. The summed E-state index contributed by atoms with van der Waals surface area (Å²) in [6, 6.07) is 14.2. The van der Waals surface area contributed by atoms with Crippen LogP contribution in [0.2, 0.25) is 5.02 Å². The number of amides is 2. The van der Waals surface area contributed by atoms with E-state index < -0.39 is 6.04 Å². The Hall–Kier alpha value is -4.03. The minimum absolute atomic E-state index is 0.0364. The fourth-order valence-corrected chi connectivity index (χ4v) is 4.54. The number of aryl methyl sites for hydroxylation is 1. The number of rotatable bonds is 7. The van der Waals surface area contributed by atoms with Crippen molar-refractivity contribution in [3.05, 3.63) is 64.9 Å². The van der Waals surface area contributed by atoms with Crippen LogP contribution in [-0.2, 0) is 16.0 Å². The van der Waals surface area contributed by atoms with Crippen LogP contribution in [0.1, 0.15) is 30.6 Å². The first-order valence-electron chi connectivity index (χ1n) is 12.2. The Labute approximate surface area is 220 Å². The first-order valence-corrected chi connectivity index (χ1v) is 12.6. The van der Waals surface area contributed by atoms with E-state index >= 15 is 0 Å². The highest BCUT2D eigenvalue weighted by atomic mass is 35.5. The molecule has 3 aromatic rings. The molecule has 4 rings (SSSR count). The Morgan fingerprint density at radius 3 is 2.92 bits per heavy atom. The van der Waals surface area contributed by atoms with Gasteiger partial charge in [0.2, 0.25) is 17.8 Å². The number of likely N-dealkylation sites (tertiary alicyclic amines) is 1. The smallest absolute Gasteiger partial charge is 0.247 e. The largest absolute Gasteiger partial charge is 0.461 e. The molecule has 10 heteroatoms. The number of aliphatic imine (C=N–C) groups is 1. The van der Waals surface area contributed by atoms with Gasteiger partial charge in [-0.05, 0) is 74.6 Å². The van der Waals surface area contributed by atoms with Gasteiger partial charge in [-0.1, -0.05) is 23.7 Å². The molecule has 37 heavy (non-hydrogen) atoms. The number of carbonyl (C=O) groups excluding carboxylic acids is 2. The first kappa shape index (κ1) is 26.0. The number of benzene rings is 2. The van der Waals surface area contributed by atoms with Crippen LogP contribution in [-0.4, -0.2) is 48.3 Å². The predicted molar refractivity (Wildman–Crippen MR) is 143 cm³/mol. The Kier molecular flexibility index (Phi) is 8.64. The number of furan rings is 1. The van der Waals surface area contributed by atoms with Crippen LogP contribution in [0.15, 0.2) is 57.9 Å². The van der Waals surface area contributed by atoms with E-state index in [4.69, 9.17) is 16.0 Å². The van der Waals surface area contributed by atoms with Crippen molar-refractivity contribution in [3.8, 4) is 6.19 Å². The second-order valence-electron chi connectivity index (χ2n) is 8.95. The Morgan fingerprint density at radius 2 is 2.11 bits per heavy atom. The molecule has 0 spiro atoms. The van der Waals surface area contributed by atoms with Gasteiger partial charge in [-0.25, -0.2) is 4.99 Å². The number of halogens is 1. The molecule has 1 fully saturated rings. The summed E-state index contributed by atoms with van der Waals surface area (Å²) in [5, 5.41) is 19.3. The molecule has 1 atom stereocenters. The molecule has 0 radical (unpaired) electrons. The van der Waals surface area contributed by atoms with Crippen LogP contribution in [0.25, 0.3) is 11.0 Å². The zero-order valence-electron chi connectivity index (χ0n) is 20.6. The van der Waals surface area contributed by atoms with Gasteiger partial charge in [-0.3, -0.25) is 14.9 Å². The molecule has 1 aliphatic rings. The fraction of sp³-hybridized carbons (Fsp3) is 0.333. The number of nitrogens with one attached hydrogen (secondary N) is 3. The molecule has 192 valence electrons. The quantitative estimate of drug-likeness (QED) is 0.187. The number of guanidine groups is 1. The van der Waals surface area contributed by atoms with Gasteiger partial charge >= 0.3 is 0 Å². The van der Waals surface area contributed by atoms with E-state index in [0.29, 0.717) is 36.6 Å². The van der Waals surface area contributed by atoms with E-state index in [2.05, 4.69) is 20.9 Å². The maximum Gasteiger partial charge on any atom is 0.247 e. The SMILES string of the molecule is Cc1cc2cc(NC(=NC3CCCCN(CC(=O)NCCc4cccc(Cl)c4)C3=O)NC#N)ccc2o1. The fourth-order valence-electron chi connectivity index (χ4n) is 4.32. The zero-order valence-corrected chi connectivity index (χ0v) is 21.3. The molecule has 3 N–H and O–H groups in total. The highest BCUT2D eigenvalue weighted by molar-refractivity contribution is 6.30. The number of carbonyl (C=O) groups is 2. The van der Waals surface area contributed by atoms with Crippen molar-refractivity contribution in [1.29, 1.82) is 5.26 Å². The Bertz CT molecular complexity index is 1350. The van der Waals surface area contributed by atoms with Crippen LogP contribution in [0.4, 0.5) is 5.69 Å². The van der Waals surface area contributed by atoms with Crippen LogP contribution < -0.4 is 16.0 Å². The highest BCUT2D eigenvalue weighted by Crippen LogP contribution is 2.23. The average molecular weight is 521 g/mol. The predicted octanol–water partition coefficient (Wildman–Crippen LogP) is 3.97. The third-order valence-electron chi connectivity index (χ3n) is 6.07. The summed E-state index contributed by atoms with van der Waals surface area (Å²) in [4.78, 5) is 31.9. The molecule has 1 aromatic heterocycles. The number of fused-ring (bicyclic) bond motifs is 1. The number of hydrogen-bond donors (Lipinski definition) is 3. The van der Waals surface area contributed by atoms with Gasteiger partial charge in [0.1, 0.15) is 17.4 Å². The second-order valence-corrected chi connectivity index (χ2v) is 9.39. The summed E-state index contributed by atoms with van der Waals surface area (Å²) in [5.41, 5.74) is 2.49. The lowest BCUT2D eigenvalue weighted by Gasteiger charge is -2.22. The van der Waals surface area contributed by atoms with Crippen LogP contribution in [0.3, 0.4) is 0 Å². The molecular formula is C27H29ClN6O3.